The van der Waals surface area contributed by atoms with Crippen LogP contribution in [0, 0.1) is 17.8 Å². The van der Waals surface area contributed by atoms with Crippen LogP contribution in [0.3, 0.4) is 0 Å². The molecule has 5 heteroatoms. The Balaban J connectivity index is 1.03. The fourth-order valence-corrected chi connectivity index (χ4v) is 7.70. The highest BCUT2D eigenvalue weighted by Gasteiger charge is 2.47. The third-order valence-electron chi connectivity index (χ3n) is 9.38. The summed E-state index contributed by atoms with van der Waals surface area (Å²) in [5.41, 5.74) is 0. The smallest absolute Gasteiger partial charge is 0.0600 e. The molecule has 6 fully saturated rings. The number of piperidine rings is 2. The van der Waals surface area contributed by atoms with Gasteiger partial charge in [0.15, 0.2) is 0 Å². The Morgan fingerprint density at radius 1 is 0.571 bits per heavy atom. The van der Waals surface area contributed by atoms with E-state index in [1.165, 1.54) is 90.4 Å². The van der Waals surface area contributed by atoms with Crippen molar-refractivity contribution >= 4 is 0 Å². The molecule has 4 N–H and O–H groups in total. The molecule has 5 nitrogen and oxygen atoms in total. The van der Waals surface area contributed by atoms with Gasteiger partial charge in [0.1, 0.15) is 0 Å². The van der Waals surface area contributed by atoms with Crippen molar-refractivity contribution in [3.05, 3.63) is 0 Å². The maximum absolute atomic E-state index is 4.15. The molecule has 0 aromatic rings. The van der Waals surface area contributed by atoms with Gasteiger partial charge in [-0.3, -0.25) is 10.2 Å². The number of likely N-dealkylation sites (tertiary alicyclic amines) is 1. The molecule has 4 aliphatic heterocycles. The second-order valence-electron chi connectivity index (χ2n) is 10.9. The van der Waals surface area contributed by atoms with E-state index in [0.29, 0.717) is 12.2 Å². The van der Waals surface area contributed by atoms with Gasteiger partial charge in [-0.2, -0.15) is 0 Å². The minimum absolute atomic E-state index is 0.638. The molecular formula is C23H41N5. The van der Waals surface area contributed by atoms with Gasteiger partial charge < -0.3 is 16.0 Å². The molecule has 2 aliphatic carbocycles. The summed E-state index contributed by atoms with van der Waals surface area (Å²) in [6, 6.07) is 3.67. The predicted octanol–water partition coefficient (Wildman–Crippen LogP) is 1.65. The van der Waals surface area contributed by atoms with E-state index in [9.17, 15) is 0 Å². The van der Waals surface area contributed by atoms with E-state index in [1.54, 1.807) is 0 Å². The SMILES string of the molecule is C1CNC2C(C1)CCC1CCC(N3CC(C4CNC5CCCCC5N4)C3)NC12. The molecule has 0 radical (unpaired) electrons. The second kappa shape index (κ2) is 7.81. The van der Waals surface area contributed by atoms with Crippen molar-refractivity contribution in [1.29, 1.82) is 0 Å². The highest BCUT2D eigenvalue weighted by atomic mass is 15.3. The van der Waals surface area contributed by atoms with E-state index in [4.69, 9.17) is 0 Å². The zero-order valence-corrected chi connectivity index (χ0v) is 17.5. The van der Waals surface area contributed by atoms with E-state index >= 15 is 0 Å². The first-order chi connectivity index (χ1) is 13.8. The van der Waals surface area contributed by atoms with E-state index < -0.39 is 0 Å². The van der Waals surface area contributed by atoms with Gasteiger partial charge in [0.25, 0.3) is 0 Å². The standard InChI is InChI=1S/C23H41N5/c1-2-6-19-18(5-1)25-12-20(26-19)17-13-28(14-17)21-10-9-16-8-7-15-4-3-11-24-22(15)23(16)27-21/h15-27H,1-14H2. The zero-order valence-electron chi connectivity index (χ0n) is 17.5. The van der Waals surface area contributed by atoms with Crippen LogP contribution in [-0.4, -0.2) is 67.5 Å². The normalized spacial score (nSPS) is 50.1. The Morgan fingerprint density at radius 2 is 1.36 bits per heavy atom. The molecule has 4 heterocycles. The van der Waals surface area contributed by atoms with Crippen LogP contribution in [0.2, 0.25) is 0 Å². The van der Waals surface area contributed by atoms with Crippen molar-refractivity contribution in [2.24, 2.45) is 17.8 Å². The Hall–Kier alpha value is -0.200. The number of fused-ring (bicyclic) bond motifs is 4. The van der Waals surface area contributed by atoms with Gasteiger partial charge in [-0.05, 0) is 69.7 Å². The van der Waals surface area contributed by atoms with Gasteiger partial charge >= 0.3 is 0 Å². The molecule has 6 aliphatic rings. The highest BCUT2D eigenvalue weighted by molar-refractivity contribution is 5.04. The van der Waals surface area contributed by atoms with Crippen LogP contribution in [0.5, 0.6) is 0 Å². The minimum Gasteiger partial charge on any atom is -0.312 e. The first kappa shape index (κ1) is 18.6. The van der Waals surface area contributed by atoms with Gasteiger partial charge in [-0.15, -0.1) is 0 Å². The van der Waals surface area contributed by atoms with Crippen LogP contribution in [0.1, 0.15) is 64.2 Å². The summed E-state index contributed by atoms with van der Waals surface area (Å²) in [5.74, 6) is 2.71. The van der Waals surface area contributed by atoms with Crippen molar-refractivity contribution in [2.75, 3.05) is 26.2 Å². The van der Waals surface area contributed by atoms with Crippen molar-refractivity contribution in [3.63, 3.8) is 0 Å². The summed E-state index contributed by atoms with van der Waals surface area (Å²) in [6.07, 6.45) is 14.8. The lowest BCUT2D eigenvalue weighted by molar-refractivity contribution is -0.0345. The molecule has 0 aromatic carbocycles. The quantitative estimate of drug-likeness (QED) is 0.581. The third kappa shape index (κ3) is 3.35. The minimum atomic E-state index is 0.638. The van der Waals surface area contributed by atoms with Gasteiger partial charge in [-0.1, -0.05) is 12.8 Å². The third-order valence-corrected chi connectivity index (χ3v) is 9.38. The lowest BCUT2D eigenvalue weighted by Crippen LogP contribution is -2.72. The Kier molecular flexibility index (Phi) is 5.18. The van der Waals surface area contributed by atoms with Crippen LogP contribution >= 0.6 is 0 Å². The number of hydrogen-bond donors (Lipinski definition) is 4. The van der Waals surface area contributed by atoms with Crippen molar-refractivity contribution in [1.82, 2.24) is 26.2 Å². The van der Waals surface area contributed by atoms with Crippen molar-refractivity contribution < 1.29 is 0 Å². The first-order valence-corrected chi connectivity index (χ1v) is 12.6. The predicted molar refractivity (Wildman–Crippen MR) is 113 cm³/mol. The number of piperazine rings is 1. The van der Waals surface area contributed by atoms with Crippen LogP contribution in [-0.2, 0) is 0 Å². The van der Waals surface area contributed by atoms with Crippen LogP contribution < -0.4 is 21.3 Å². The number of nitrogens with zero attached hydrogens (tertiary/aromatic N) is 1. The number of rotatable bonds is 2. The van der Waals surface area contributed by atoms with E-state index in [1.807, 2.05) is 0 Å². The zero-order chi connectivity index (χ0) is 18.5. The fourth-order valence-electron chi connectivity index (χ4n) is 7.70. The van der Waals surface area contributed by atoms with Crippen LogP contribution in [0.4, 0.5) is 0 Å². The Bertz CT molecular complexity index is 549. The lowest BCUT2D eigenvalue weighted by atomic mass is 9.68. The van der Waals surface area contributed by atoms with Gasteiger partial charge in [0, 0.05) is 55.8 Å². The van der Waals surface area contributed by atoms with Crippen LogP contribution in [0.25, 0.3) is 0 Å². The molecular weight excluding hydrogens is 346 g/mol. The molecule has 2 saturated carbocycles. The monoisotopic (exact) mass is 387 g/mol. The summed E-state index contributed by atoms with van der Waals surface area (Å²) < 4.78 is 0. The molecule has 0 bridgehead atoms. The second-order valence-corrected chi connectivity index (χ2v) is 10.9. The Morgan fingerprint density at radius 3 is 2.25 bits per heavy atom. The molecule has 0 spiro atoms. The summed E-state index contributed by atoms with van der Waals surface area (Å²) in [6.45, 7) is 5.03. The van der Waals surface area contributed by atoms with Crippen molar-refractivity contribution in [3.8, 4) is 0 Å². The van der Waals surface area contributed by atoms with Gasteiger partial charge in [-0.25, -0.2) is 0 Å². The highest BCUT2D eigenvalue weighted by Crippen LogP contribution is 2.40. The maximum Gasteiger partial charge on any atom is 0.0600 e. The number of nitrogens with one attached hydrogen (secondary N) is 4. The van der Waals surface area contributed by atoms with E-state index in [0.717, 1.165) is 41.9 Å². The Labute approximate surface area is 171 Å². The molecule has 4 saturated heterocycles. The number of hydrogen-bond acceptors (Lipinski definition) is 5. The van der Waals surface area contributed by atoms with E-state index in [2.05, 4.69) is 26.2 Å². The molecule has 8 unspecified atom stereocenters. The average Bonchev–Trinajstić information content (AvgIpc) is 2.72. The lowest BCUT2D eigenvalue weighted by Gasteiger charge is -2.56. The van der Waals surface area contributed by atoms with Crippen molar-refractivity contribution in [2.45, 2.75) is 101 Å². The molecule has 0 aromatic heterocycles. The molecule has 8 atom stereocenters. The van der Waals surface area contributed by atoms with Gasteiger partial charge in [0.05, 0.1) is 6.17 Å². The summed E-state index contributed by atoms with van der Waals surface area (Å²) in [5, 5.41) is 16.0. The summed E-state index contributed by atoms with van der Waals surface area (Å²) >= 11 is 0. The summed E-state index contributed by atoms with van der Waals surface area (Å²) in [4.78, 5) is 2.77. The largest absolute Gasteiger partial charge is 0.312 e. The molecule has 0 amide bonds. The van der Waals surface area contributed by atoms with Gasteiger partial charge in [0.2, 0.25) is 0 Å². The van der Waals surface area contributed by atoms with Crippen LogP contribution in [0.15, 0.2) is 0 Å². The first-order valence-electron chi connectivity index (χ1n) is 12.6. The topological polar surface area (TPSA) is 51.4 Å². The molecule has 158 valence electrons. The fraction of sp³-hybridized carbons (Fsp3) is 1.00. The average molecular weight is 388 g/mol. The molecule has 28 heavy (non-hydrogen) atoms. The molecule has 6 rings (SSSR count). The maximum atomic E-state index is 4.15. The van der Waals surface area contributed by atoms with E-state index in [-0.39, 0.29) is 0 Å². The summed E-state index contributed by atoms with van der Waals surface area (Å²) in [7, 11) is 0.